The number of rotatable bonds is 5. The predicted molar refractivity (Wildman–Crippen MR) is 99.0 cm³/mol. The first kappa shape index (κ1) is 20.9. The van der Waals surface area contributed by atoms with E-state index in [2.05, 4.69) is 20.8 Å². The highest BCUT2D eigenvalue weighted by molar-refractivity contribution is 6.04. The molecule has 0 aliphatic carbocycles. The van der Waals surface area contributed by atoms with E-state index in [1.165, 1.54) is 36.7 Å². The molecule has 10 heteroatoms. The summed E-state index contributed by atoms with van der Waals surface area (Å²) in [5.41, 5.74) is -0.500. The fourth-order valence-electron chi connectivity index (χ4n) is 2.56. The van der Waals surface area contributed by atoms with Crippen molar-refractivity contribution in [3.63, 3.8) is 0 Å². The van der Waals surface area contributed by atoms with Gasteiger partial charge in [-0.15, -0.1) is 0 Å². The van der Waals surface area contributed by atoms with Crippen LogP contribution in [0.25, 0.3) is 0 Å². The zero-order valence-electron chi connectivity index (χ0n) is 15.2. The van der Waals surface area contributed by atoms with Crippen molar-refractivity contribution < 1.29 is 27.2 Å². The van der Waals surface area contributed by atoms with E-state index >= 15 is 0 Å². The van der Waals surface area contributed by atoms with Gasteiger partial charge in [0.05, 0.1) is 23.5 Å². The molecular weight excluding hydrogens is 404 g/mol. The molecule has 0 unspecified atom stereocenters. The van der Waals surface area contributed by atoms with Crippen LogP contribution in [-0.4, -0.2) is 22.0 Å². The summed E-state index contributed by atoms with van der Waals surface area (Å²) in [6.45, 7) is -0.191. The average molecular weight is 418 g/mol. The van der Waals surface area contributed by atoms with Gasteiger partial charge in [-0.05, 0) is 42.0 Å². The van der Waals surface area contributed by atoms with Crippen molar-refractivity contribution in [2.24, 2.45) is 0 Å². The lowest BCUT2D eigenvalue weighted by Gasteiger charge is -2.11. The number of hydrogen-bond donors (Lipinski definition) is 2. The second kappa shape index (κ2) is 8.68. The molecule has 3 aromatic rings. The van der Waals surface area contributed by atoms with Crippen molar-refractivity contribution in [3.05, 3.63) is 89.0 Å². The molecule has 1 heterocycles. The molecule has 0 saturated heterocycles. The Morgan fingerprint density at radius 2 is 1.73 bits per heavy atom. The lowest BCUT2D eigenvalue weighted by Crippen LogP contribution is -2.23. The Bertz CT molecular complexity index is 1070. The molecule has 0 bridgehead atoms. The molecule has 1 aromatic heterocycles. The number of amides is 2. The number of benzene rings is 2. The van der Waals surface area contributed by atoms with E-state index in [1.54, 1.807) is 0 Å². The van der Waals surface area contributed by atoms with Crippen LogP contribution in [0.5, 0.6) is 0 Å². The minimum absolute atomic E-state index is 0.0287. The predicted octanol–water partition coefficient (Wildman–Crippen LogP) is 3.82. The fraction of sp³-hybridized carbons (Fsp3) is 0.100. The lowest BCUT2D eigenvalue weighted by atomic mass is 10.1. The van der Waals surface area contributed by atoms with Crippen molar-refractivity contribution >= 4 is 17.5 Å². The van der Waals surface area contributed by atoms with Gasteiger partial charge in [0.15, 0.2) is 0 Å². The maximum absolute atomic E-state index is 13.9. The summed E-state index contributed by atoms with van der Waals surface area (Å²) < 4.78 is 52.2. The third-order valence-corrected chi connectivity index (χ3v) is 3.97. The second-order valence-electron chi connectivity index (χ2n) is 6.19. The Hall–Kier alpha value is -3.82. The summed E-state index contributed by atoms with van der Waals surface area (Å²) in [6.07, 6.45) is -1.97. The van der Waals surface area contributed by atoms with Crippen LogP contribution in [0.15, 0.2) is 60.9 Å². The molecule has 154 valence electrons. The Morgan fingerprint density at radius 3 is 2.43 bits per heavy atom. The Labute approximate surface area is 167 Å². The summed E-state index contributed by atoms with van der Waals surface area (Å²) in [6, 6.07) is 9.12. The SMILES string of the molecule is O=C(NCc1cccc(C(F)(F)F)c1)c1cc(F)cc(NC(=O)c2ccnnc2)c1. The molecule has 3 rings (SSSR count). The van der Waals surface area contributed by atoms with Gasteiger partial charge in [0.2, 0.25) is 0 Å². The second-order valence-corrected chi connectivity index (χ2v) is 6.19. The molecule has 2 amide bonds. The molecule has 0 saturated carbocycles. The van der Waals surface area contributed by atoms with Gasteiger partial charge in [-0.1, -0.05) is 12.1 Å². The van der Waals surface area contributed by atoms with Crippen molar-refractivity contribution in [2.75, 3.05) is 5.32 Å². The number of hydrogen-bond acceptors (Lipinski definition) is 4. The van der Waals surface area contributed by atoms with E-state index in [0.717, 1.165) is 24.3 Å². The monoisotopic (exact) mass is 418 g/mol. The van der Waals surface area contributed by atoms with Gasteiger partial charge in [0.1, 0.15) is 5.82 Å². The van der Waals surface area contributed by atoms with E-state index in [1.807, 2.05) is 0 Å². The highest BCUT2D eigenvalue weighted by atomic mass is 19.4. The molecule has 0 aliphatic heterocycles. The van der Waals surface area contributed by atoms with E-state index in [0.29, 0.717) is 0 Å². The van der Waals surface area contributed by atoms with E-state index < -0.39 is 29.4 Å². The number of carbonyl (C=O) groups is 2. The minimum Gasteiger partial charge on any atom is -0.348 e. The lowest BCUT2D eigenvalue weighted by molar-refractivity contribution is -0.137. The van der Waals surface area contributed by atoms with Crippen molar-refractivity contribution in [3.8, 4) is 0 Å². The highest BCUT2D eigenvalue weighted by Crippen LogP contribution is 2.29. The first-order chi connectivity index (χ1) is 14.2. The van der Waals surface area contributed by atoms with Crippen LogP contribution < -0.4 is 10.6 Å². The minimum atomic E-state index is -4.50. The van der Waals surface area contributed by atoms with Crippen LogP contribution in [0.3, 0.4) is 0 Å². The van der Waals surface area contributed by atoms with Crippen LogP contribution in [0.2, 0.25) is 0 Å². The van der Waals surface area contributed by atoms with Gasteiger partial charge >= 0.3 is 6.18 Å². The van der Waals surface area contributed by atoms with Crippen molar-refractivity contribution in [1.82, 2.24) is 15.5 Å². The largest absolute Gasteiger partial charge is 0.416 e. The summed E-state index contributed by atoms with van der Waals surface area (Å²) in [5, 5.41) is 12.0. The Kier molecular flexibility index (Phi) is 6.05. The van der Waals surface area contributed by atoms with Crippen LogP contribution >= 0.6 is 0 Å². The molecule has 6 nitrogen and oxygen atoms in total. The first-order valence-electron chi connectivity index (χ1n) is 8.55. The van der Waals surface area contributed by atoms with E-state index in [4.69, 9.17) is 0 Å². The molecule has 0 radical (unpaired) electrons. The third kappa shape index (κ3) is 5.37. The molecule has 2 N–H and O–H groups in total. The van der Waals surface area contributed by atoms with Crippen LogP contribution in [0.4, 0.5) is 23.2 Å². The standard InChI is InChI=1S/C20H14F4N4O2/c21-16-7-14(8-17(9-16)28-19(30)13-4-5-26-27-11-13)18(29)25-10-12-2-1-3-15(6-12)20(22,23)24/h1-9,11H,10H2,(H,25,29)(H,28,30). The van der Waals surface area contributed by atoms with E-state index in [9.17, 15) is 27.2 Å². The summed E-state index contributed by atoms with van der Waals surface area (Å²) >= 11 is 0. The highest BCUT2D eigenvalue weighted by Gasteiger charge is 2.30. The topological polar surface area (TPSA) is 84.0 Å². The fourth-order valence-corrected chi connectivity index (χ4v) is 2.56. The van der Waals surface area contributed by atoms with Gasteiger partial charge < -0.3 is 10.6 Å². The van der Waals surface area contributed by atoms with Crippen molar-refractivity contribution in [1.29, 1.82) is 0 Å². The molecule has 2 aromatic carbocycles. The van der Waals surface area contributed by atoms with Gasteiger partial charge in [-0.3, -0.25) is 9.59 Å². The van der Waals surface area contributed by atoms with Gasteiger partial charge in [0.25, 0.3) is 11.8 Å². The number of alkyl halides is 3. The third-order valence-electron chi connectivity index (χ3n) is 3.97. The first-order valence-corrected chi connectivity index (χ1v) is 8.55. The van der Waals surface area contributed by atoms with E-state index in [-0.39, 0.29) is 28.9 Å². The summed E-state index contributed by atoms with van der Waals surface area (Å²) in [7, 11) is 0. The molecule has 30 heavy (non-hydrogen) atoms. The average Bonchev–Trinajstić information content (AvgIpc) is 2.72. The molecule has 0 aliphatic rings. The maximum Gasteiger partial charge on any atom is 0.416 e. The quantitative estimate of drug-likeness (QED) is 0.617. The number of nitrogens with one attached hydrogen (secondary N) is 2. The number of nitrogens with zero attached hydrogens (tertiary/aromatic N) is 2. The number of aromatic nitrogens is 2. The number of halogens is 4. The van der Waals surface area contributed by atoms with Gasteiger partial charge in [0, 0.05) is 17.8 Å². The smallest absolute Gasteiger partial charge is 0.348 e. The van der Waals surface area contributed by atoms with Crippen LogP contribution in [0, 0.1) is 5.82 Å². The zero-order chi connectivity index (χ0) is 21.7. The summed E-state index contributed by atoms with van der Waals surface area (Å²) in [4.78, 5) is 24.5. The Morgan fingerprint density at radius 1 is 0.933 bits per heavy atom. The molecule has 0 fully saturated rings. The Balaban J connectivity index is 1.70. The maximum atomic E-state index is 13.9. The van der Waals surface area contributed by atoms with Crippen LogP contribution in [0.1, 0.15) is 31.8 Å². The normalized spacial score (nSPS) is 11.1. The molecule has 0 atom stereocenters. The van der Waals surface area contributed by atoms with Gasteiger partial charge in [-0.2, -0.15) is 23.4 Å². The molecular formula is C20H14F4N4O2. The summed E-state index contributed by atoms with van der Waals surface area (Å²) in [5.74, 6) is -2.07. The van der Waals surface area contributed by atoms with Gasteiger partial charge in [-0.25, -0.2) is 4.39 Å². The van der Waals surface area contributed by atoms with Crippen LogP contribution in [-0.2, 0) is 12.7 Å². The molecule has 0 spiro atoms. The number of carbonyl (C=O) groups excluding carboxylic acids is 2. The number of anilines is 1. The zero-order valence-corrected chi connectivity index (χ0v) is 15.2. The van der Waals surface area contributed by atoms with Crippen molar-refractivity contribution in [2.45, 2.75) is 12.7 Å².